The van der Waals surface area contributed by atoms with Crippen LogP contribution in [0, 0.1) is 0 Å². The fourth-order valence-corrected chi connectivity index (χ4v) is 0.680. The molecule has 0 radical (unpaired) electrons. The van der Waals surface area contributed by atoms with Crippen molar-refractivity contribution in [3.8, 4) is 0 Å². The third kappa shape index (κ3) is 15.6. The lowest BCUT2D eigenvalue weighted by Crippen LogP contribution is -1.86. The second kappa shape index (κ2) is 4.46. The maximum atomic E-state index is 9.63. The SMILES string of the molecule is CS(C)(=O)=O.c1ccsc1. The van der Waals surface area contributed by atoms with E-state index in [1.54, 1.807) is 11.3 Å². The van der Waals surface area contributed by atoms with E-state index in [2.05, 4.69) is 0 Å². The zero-order valence-corrected chi connectivity index (χ0v) is 7.58. The van der Waals surface area contributed by atoms with Crippen molar-refractivity contribution < 1.29 is 8.42 Å². The predicted molar refractivity (Wildman–Crippen MR) is 45.1 cm³/mol. The maximum absolute atomic E-state index is 9.63. The van der Waals surface area contributed by atoms with Crippen LogP contribution in [0.25, 0.3) is 0 Å². The van der Waals surface area contributed by atoms with Gasteiger partial charge in [-0.05, 0) is 10.8 Å². The van der Waals surface area contributed by atoms with Gasteiger partial charge < -0.3 is 0 Å². The average molecular weight is 178 g/mol. The standard InChI is InChI=1S/C4H4S.C2H6O2S/c1-2-4-5-3-1;1-5(2,3)4/h1-4H;1-2H3. The van der Waals surface area contributed by atoms with Crippen LogP contribution < -0.4 is 0 Å². The van der Waals surface area contributed by atoms with Gasteiger partial charge in [-0.25, -0.2) is 8.42 Å². The monoisotopic (exact) mass is 178 g/mol. The molecule has 0 saturated carbocycles. The van der Waals surface area contributed by atoms with Crippen LogP contribution in [0.15, 0.2) is 22.9 Å². The minimum Gasteiger partial charge on any atom is -0.229 e. The molecule has 0 aromatic carbocycles. The highest BCUT2D eigenvalue weighted by atomic mass is 32.2. The highest BCUT2D eigenvalue weighted by molar-refractivity contribution is 7.89. The van der Waals surface area contributed by atoms with Gasteiger partial charge in [-0.2, -0.15) is 11.3 Å². The Morgan fingerprint density at radius 3 is 1.50 bits per heavy atom. The third-order valence-electron chi connectivity index (χ3n) is 0.425. The smallest absolute Gasteiger partial charge is 0.144 e. The van der Waals surface area contributed by atoms with Gasteiger partial charge in [0.25, 0.3) is 0 Å². The Balaban J connectivity index is 0.000000162. The molecule has 0 spiro atoms. The summed E-state index contributed by atoms with van der Waals surface area (Å²) in [4.78, 5) is 0. The van der Waals surface area contributed by atoms with Crippen molar-refractivity contribution in [2.45, 2.75) is 0 Å². The Morgan fingerprint density at radius 2 is 1.40 bits per heavy atom. The van der Waals surface area contributed by atoms with E-state index in [9.17, 15) is 8.42 Å². The zero-order valence-electron chi connectivity index (χ0n) is 5.94. The summed E-state index contributed by atoms with van der Waals surface area (Å²) in [5.74, 6) is 0. The van der Waals surface area contributed by atoms with E-state index in [-0.39, 0.29) is 0 Å². The lowest BCUT2D eigenvalue weighted by Gasteiger charge is -1.69. The average Bonchev–Trinajstić information content (AvgIpc) is 2.07. The lowest BCUT2D eigenvalue weighted by atomic mass is 10.7. The first-order valence-electron chi connectivity index (χ1n) is 2.62. The summed E-state index contributed by atoms with van der Waals surface area (Å²) in [6, 6.07) is 4.04. The molecule has 1 aromatic heterocycles. The van der Waals surface area contributed by atoms with Crippen molar-refractivity contribution in [2.75, 3.05) is 12.5 Å². The minimum absolute atomic E-state index is 1.16. The molecule has 4 heteroatoms. The summed E-state index contributed by atoms with van der Waals surface area (Å²) >= 11 is 1.71. The van der Waals surface area contributed by atoms with Crippen LogP contribution >= 0.6 is 11.3 Å². The lowest BCUT2D eigenvalue weighted by molar-refractivity contribution is 0.607. The van der Waals surface area contributed by atoms with E-state index in [1.165, 1.54) is 0 Å². The number of thiophene rings is 1. The first kappa shape index (κ1) is 9.65. The maximum Gasteiger partial charge on any atom is 0.144 e. The van der Waals surface area contributed by atoms with Gasteiger partial charge in [0, 0.05) is 12.5 Å². The summed E-state index contributed by atoms with van der Waals surface area (Å²) < 4.78 is 19.3. The van der Waals surface area contributed by atoms with Crippen molar-refractivity contribution in [3.05, 3.63) is 22.9 Å². The Hall–Kier alpha value is -0.350. The summed E-state index contributed by atoms with van der Waals surface area (Å²) in [6.07, 6.45) is 2.32. The predicted octanol–water partition coefficient (Wildman–Crippen LogP) is 1.41. The Bertz CT molecular complexity index is 210. The molecule has 0 bridgehead atoms. The number of hydrogen-bond donors (Lipinski definition) is 0. The quantitative estimate of drug-likeness (QED) is 0.602. The number of rotatable bonds is 0. The van der Waals surface area contributed by atoms with E-state index in [0.29, 0.717) is 0 Å². The van der Waals surface area contributed by atoms with Crippen molar-refractivity contribution in [2.24, 2.45) is 0 Å². The van der Waals surface area contributed by atoms with Gasteiger partial charge in [0.2, 0.25) is 0 Å². The topological polar surface area (TPSA) is 34.1 Å². The van der Waals surface area contributed by atoms with Gasteiger partial charge >= 0.3 is 0 Å². The Morgan fingerprint density at radius 1 is 1.10 bits per heavy atom. The molecule has 58 valence electrons. The fraction of sp³-hybridized carbons (Fsp3) is 0.333. The molecule has 0 aliphatic carbocycles. The van der Waals surface area contributed by atoms with Crippen LogP contribution in [0.3, 0.4) is 0 Å². The summed E-state index contributed by atoms with van der Waals surface area (Å²) in [6.45, 7) is 0. The number of sulfone groups is 1. The van der Waals surface area contributed by atoms with Gasteiger partial charge in [0.05, 0.1) is 0 Å². The van der Waals surface area contributed by atoms with Gasteiger partial charge in [0.1, 0.15) is 9.84 Å². The molecule has 1 rings (SSSR count). The van der Waals surface area contributed by atoms with E-state index in [0.717, 1.165) is 12.5 Å². The Labute approximate surface area is 65.4 Å². The van der Waals surface area contributed by atoms with Crippen molar-refractivity contribution in [1.29, 1.82) is 0 Å². The van der Waals surface area contributed by atoms with E-state index < -0.39 is 9.84 Å². The molecule has 0 aliphatic rings. The highest BCUT2D eigenvalue weighted by Crippen LogP contribution is 1.91. The van der Waals surface area contributed by atoms with Crippen LogP contribution in [0.4, 0.5) is 0 Å². The molecule has 10 heavy (non-hydrogen) atoms. The highest BCUT2D eigenvalue weighted by Gasteiger charge is 1.79. The third-order valence-corrected chi connectivity index (χ3v) is 1.05. The molecule has 0 saturated heterocycles. The van der Waals surface area contributed by atoms with Crippen LogP contribution in [0.5, 0.6) is 0 Å². The molecule has 0 unspecified atom stereocenters. The molecule has 0 fully saturated rings. The van der Waals surface area contributed by atoms with E-state index >= 15 is 0 Å². The van der Waals surface area contributed by atoms with E-state index in [4.69, 9.17) is 0 Å². The largest absolute Gasteiger partial charge is 0.229 e. The molecule has 0 N–H and O–H groups in total. The van der Waals surface area contributed by atoms with Gasteiger partial charge in [0.15, 0.2) is 0 Å². The molecule has 0 atom stereocenters. The van der Waals surface area contributed by atoms with Crippen LogP contribution in [-0.4, -0.2) is 20.9 Å². The van der Waals surface area contributed by atoms with Crippen LogP contribution in [0.2, 0.25) is 0 Å². The summed E-state index contributed by atoms with van der Waals surface area (Å²) in [5, 5.41) is 4.08. The zero-order chi connectivity index (χ0) is 8.04. The van der Waals surface area contributed by atoms with Gasteiger partial charge in [-0.1, -0.05) is 12.1 Å². The minimum atomic E-state index is -2.67. The van der Waals surface area contributed by atoms with Gasteiger partial charge in [-0.3, -0.25) is 0 Å². The second-order valence-corrected chi connectivity index (χ2v) is 5.04. The molecule has 0 aliphatic heterocycles. The molecule has 2 nitrogen and oxygen atoms in total. The fourth-order valence-electron chi connectivity index (χ4n) is 0.227. The molecular weight excluding hydrogens is 168 g/mol. The molecule has 1 aromatic rings. The first-order chi connectivity index (χ1) is 4.50. The first-order valence-corrected chi connectivity index (χ1v) is 5.86. The van der Waals surface area contributed by atoms with E-state index in [1.807, 2.05) is 22.9 Å². The Kier molecular flexibility index (Phi) is 4.31. The van der Waals surface area contributed by atoms with Crippen LogP contribution in [0.1, 0.15) is 0 Å². The van der Waals surface area contributed by atoms with Crippen molar-refractivity contribution in [1.82, 2.24) is 0 Å². The summed E-state index contributed by atoms with van der Waals surface area (Å²) in [7, 11) is -2.67. The molecule has 1 heterocycles. The number of hydrogen-bond acceptors (Lipinski definition) is 3. The van der Waals surface area contributed by atoms with Crippen molar-refractivity contribution >= 4 is 21.2 Å². The van der Waals surface area contributed by atoms with Crippen molar-refractivity contribution in [3.63, 3.8) is 0 Å². The molecule has 0 amide bonds. The molecular formula is C6H10O2S2. The van der Waals surface area contributed by atoms with Crippen LogP contribution in [-0.2, 0) is 9.84 Å². The summed E-state index contributed by atoms with van der Waals surface area (Å²) in [5.41, 5.74) is 0. The van der Waals surface area contributed by atoms with Gasteiger partial charge in [-0.15, -0.1) is 0 Å². The normalized spacial score (nSPS) is 9.80. The second-order valence-electron chi connectivity index (χ2n) is 1.94.